The molecule has 2 nitrogen and oxygen atoms in total. The summed E-state index contributed by atoms with van der Waals surface area (Å²) in [5, 5.41) is 0. The van der Waals surface area contributed by atoms with Gasteiger partial charge in [0.05, 0.1) is 6.61 Å². The van der Waals surface area contributed by atoms with Crippen molar-refractivity contribution in [2.24, 2.45) is 0 Å². The molecular formula is C7H11IO2. The molecule has 0 amide bonds. The Hall–Kier alpha value is -0.0600. The summed E-state index contributed by atoms with van der Waals surface area (Å²) in [5.74, 6) is -0.151. The van der Waals surface area contributed by atoms with E-state index in [9.17, 15) is 4.79 Å². The number of rotatable bonds is 4. The Labute approximate surface area is 74.8 Å². The predicted octanol–water partition coefficient (Wildman–Crippen LogP) is 1.93. The van der Waals surface area contributed by atoms with Gasteiger partial charge in [0.2, 0.25) is 0 Å². The van der Waals surface area contributed by atoms with Crippen LogP contribution in [0, 0.1) is 0 Å². The highest BCUT2D eigenvalue weighted by atomic mass is 127. The molecule has 3 heteroatoms. The zero-order valence-electron chi connectivity index (χ0n) is 5.97. The van der Waals surface area contributed by atoms with E-state index in [0.717, 1.165) is 6.42 Å². The molecule has 0 heterocycles. The Morgan fingerprint density at radius 3 is 2.90 bits per heavy atom. The molecule has 58 valence electrons. The first-order chi connectivity index (χ1) is 4.68. The summed E-state index contributed by atoms with van der Waals surface area (Å²) in [6.45, 7) is 5.77. The van der Waals surface area contributed by atoms with Gasteiger partial charge in [-0.05, 0) is 13.3 Å². The van der Waals surface area contributed by atoms with Crippen molar-refractivity contribution in [2.45, 2.75) is 17.3 Å². The van der Waals surface area contributed by atoms with Crippen molar-refractivity contribution in [3.05, 3.63) is 12.7 Å². The van der Waals surface area contributed by atoms with Gasteiger partial charge in [-0.2, -0.15) is 0 Å². The Balaban J connectivity index is 3.30. The SMILES string of the molecule is C=CCCOC(=O)C(C)I. The normalized spacial score (nSPS) is 12.2. The van der Waals surface area contributed by atoms with Gasteiger partial charge in [0.1, 0.15) is 3.92 Å². The lowest BCUT2D eigenvalue weighted by Crippen LogP contribution is -2.14. The number of carbonyl (C=O) groups excluding carboxylic acids is 1. The van der Waals surface area contributed by atoms with Crippen LogP contribution < -0.4 is 0 Å². The molecule has 0 spiro atoms. The van der Waals surface area contributed by atoms with Crippen LogP contribution in [0.2, 0.25) is 0 Å². The van der Waals surface area contributed by atoms with Crippen LogP contribution in [0.25, 0.3) is 0 Å². The minimum Gasteiger partial charge on any atom is -0.465 e. The molecule has 0 aliphatic heterocycles. The van der Waals surface area contributed by atoms with Gasteiger partial charge in [-0.1, -0.05) is 28.7 Å². The second-order valence-corrected chi connectivity index (χ2v) is 3.73. The van der Waals surface area contributed by atoms with Crippen molar-refractivity contribution < 1.29 is 9.53 Å². The zero-order valence-corrected chi connectivity index (χ0v) is 8.13. The van der Waals surface area contributed by atoms with Crippen molar-refractivity contribution in [3.63, 3.8) is 0 Å². The lowest BCUT2D eigenvalue weighted by atomic mass is 10.4. The molecule has 0 N–H and O–H groups in total. The molecule has 0 saturated heterocycles. The fourth-order valence-electron chi connectivity index (χ4n) is 0.358. The Bertz CT molecular complexity index is 121. The molecule has 10 heavy (non-hydrogen) atoms. The van der Waals surface area contributed by atoms with Crippen molar-refractivity contribution in [2.75, 3.05) is 6.61 Å². The van der Waals surface area contributed by atoms with E-state index in [1.165, 1.54) is 0 Å². The number of hydrogen-bond donors (Lipinski definition) is 0. The molecule has 0 aromatic rings. The van der Waals surface area contributed by atoms with Crippen LogP contribution >= 0.6 is 22.6 Å². The van der Waals surface area contributed by atoms with Gasteiger partial charge >= 0.3 is 5.97 Å². The van der Waals surface area contributed by atoms with E-state index in [0.29, 0.717) is 6.61 Å². The second kappa shape index (κ2) is 5.70. The molecule has 0 rings (SSSR count). The average Bonchev–Trinajstić information content (AvgIpc) is 1.88. The molecule has 0 aromatic carbocycles. The van der Waals surface area contributed by atoms with Gasteiger partial charge in [-0.25, -0.2) is 0 Å². The summed E-state index contributed by atoms with van der Waals surface area (Å²) in [5.41, 5.74) is 0. The molecular weight excluding hydrogens is 243 g/mol. The maximum atomic E-state index is 10.8. The third-order valence-corrected chi connectivity index (χ3v) is 1.40. The molecule has 0 fully saturated rings. The van der Waals surface area contributed by atoms with Crippen molar-refractivity contribution in [3.8, 4) is 0 Å². The van der Waals surface area contributed by atoms with Crippen LogP contribution in [0.1, 0.15) is 13.3 Å². The van der Waals surface area contributed by atoms with Gasteiger partial charge < -0.3 is 4.74 Å². The van der Waals surface area contributed by atoms with Crippen molar-refractivity contribution >= 4 is 28.6 Å². The maximum absolute atomic E-state index is 10.8. The van der Waals surface area contributed by atoms with Gasteiger partial charge in [-0.3, -0.25) is 4.79 Å². The van der Waals surface area contributed by atoms with Crippen LogP contribution in [0.3, 0.4) is 0 Å². The monoisotopic (exact) mass is 254 g/mol. The molecule has 0 radical (unpaired) electrons. The predicted molar refractivity (Wildman–Crippen MR) is 49.3 cm³/mol. The summed E-state index contributed by atoms with van der Waals surface area (Å²) in [6, 6.07) is 0. The fourth-order valence-corrected chi connectivity index (χ4v) is 0.537. The molecule has 1 unspecified atom stereocenters. The highest BCUT2D eigenvalue weighted by Crippen LogP contribution is 2.00. The third kappa shape index (κ3) is 4.78. The van der Waals surface area contributed by atoms with Gasteiger partial charge in [0.25, 0.3) is 0 Å². The number of alkyl halides is 1. The van der Waals surface area contributed by atoms with Crippen LogP contribution in [0.4, 0.5) is 0 Å². The quantitative estimate of drug-likeness (QED) is 0.252. The number of ether oxygens (including phenoxy) is 1. The lowest BCUT2D eigenvalue weighted by molar-refractivity contribution is -0.142. The number of halogens is 1. The molecule has 0 aromatic heterocycles. The second-order valence-electron chi connectivity index (χ2n) is 1.86. The standard InChI is InChI=1S/C7H11IO2/c1-3-4-5-10-7(9)6(2)8/h3,6H,1,4-5H2,2H3. The first-order valence-corrected chi connectivity index (χ1v) is 4.34. The Morgan fingerprint density at radius 1 is 1.90 bits per heavy atom. The lowest BCUT2D eigenvalue weighted by Gasteiger charge is -2.02. The third-order valence-electron chi connectivity index (χ3n) is 0.891. The number of hydrogen-bond acceptors (Lipinski definition) is 2. The van der Waals surface area contributed by atoms with Crippen molar-refractivity contribution in [1.29, 1.82) is 0 Å². The van der Waals surface area contributed by atoms with E-state index < -0.39 is 0 Å². The van der Waals surface area contributed by atoms with Gasteiger partial charge in [0.15, 0.2) is 0 Å². The highest BCUT2D eigenvalue weighted by Gasteiger charge is 2.07. The number of esters is 1. The number of carbonyl (C=O) groups is 1. The van der Waals surface area contributed by atoms with E-state index in [1.807, 2.05) is 22.6 Å². The molecule has 0 bridgehead atoms. The minimum absolute atomic E-state index is 0.0533. The molecule has 1 atom stereocenters. The van der Waals surface area contributed by atoms with Gasteiger partial charge in [-0.15, -0.1) is 6.58 Å². The van der Waals surface area contributed by atoms with E-state index in [4.69, 9.17) is 4.74 Å². The summed E-state index contributed by atoms with van der Waals surface area (Å²) >= 11 is 2.02. The first kappa shape index (κ1) is 9.94. The maximum Gasteiger partial charge on any atom is 0.318 e. The summed E-state index contributed by atoms with van der Waals surface area (Å²) in [7, 11) is 0. The summed E-state index contributed by atoms with van der Waals surface area (Å²) < 4.78 is 4.77. The smallest absolute Gasteiger partial charge is 0.318 e. The molecule has 0 aliphatic carbocycles. The molecule has 0 aliphatic rings. The van der Waals surface area contributed by atoms with Crippen LogP contribution in [0.5, 0.6) is 0 Å². The van der Waals surface area contributed by atoms with E-state index in [1.54, 1.807) is 13.0 Å². The van der Waals surface area contributed by atoms with Gasteiger partial charge in [0, 0.05) is 0 Å². The largest absolute Gasteiger partial charge is 0.465 e. The fraction of sp³-hybridized carbons (Fsp3) is 0.571. The Morgan fingerprint density at radius 2 is 2.50 bits per heavy atom. The van der Waals surface area contributed by atoms with Crippen LogP contribution in [-0.4, -0.2) is 16.5 Å². The van der Waals surface area contributed by atoms with E-state index >= 15 is 0 Å². The first-order valence-electron chi connectivity index (χ1n) is 3.10. The van der Waals surface area contributed by atoms with Crippen LogP contribution in [0.15, 0.2) is 12.7 Å². The van der Waals surface area contributed by atoms with E-state index in [2.05, 4.69) is 6.58 Å². The summed E-state index contributed by atoms with van der Waals surface area (Å²) in [6.07, 6.45) is 2.46. The van der Waals surface area contributed by atoms with Crippen molar-refractivity contribution in [1.82, 2.24) is 0 Å². The van der Waals surface area contributed by atoms with E-state index in [-0.39, 0.29) is 9.89 Å². The topological polar surface area (TPSA) is 26.3 Å². The Kier molecular flexibility index (Phi) is 5.67. The minimum atomic E-state index is -0.151. The van der Waals surface area contributed by atoms with Crippen LogP contribution in [-0.2, 0) is 9.53 Å². The highest BCUT2D eigenvalue weighted by molar-refractivity contribution is 14.1. The summed E-state index contributed by atoms with van der Waals surface area (Å²) in [4.78, 5) is 10.8. The molecule has 0 saturated carbocycles. The average molecular weight is 254 g/mol. The zero-order chi connectivity index (χ0) is 7.98.